The first kappa shape index (κ1) is 37.2. The van der Waals surface area contributed by atoms with Gasteiger partial charge in [0, 0.05) is 29.5 Å². The van der Waals surface area contributed by atoms with E-state index in [1.54, 1.807) is 26.4 Å². The topological polar surface area (TPSA) is 118 Å². The summed E-state index contributed by atoms with van der Waals surface area (Å²) in [7, 11) is 0. The molecule has 50 heavy (non-hydrogen) atoms. The Morgan fingerprint density at radius 2 is 1.72 bits per heavy atom. The minimum Gasteiger partial charge on any atom is -0.481 e. The maximum absolute atomic E-state index is 13.9. The average molecular weight is 690 g/mol. The van der Waals surface area contributed by atoms with Crippen LogP contribution >= 0.6 is 0 Å². The summed E-state index contributed by atoms with van der Waals surface area (Å²) >= 11 is 0. The zero-order valence-electron chi connectivity index (χ0n) is 32.2. The van der Waals surface area contributed by atoms with Crippen LogP contribution in [0.2, 0.25) is 0 Å². The number of aliphatic carboxylic acids is 1. The lowest BCUT2D eigenvalue weighted by molar-refractivity contribution is -0.213. The predicted octanol–water partition coefficient (Wildman–Crippen LogP) is 8.52. The molecule has 0 aliphatic heterocycles. The van der Waals surface area contributed by atoms with Gasteiger partial charge in [-0.1, -0.05) is 47.1 Å². The fourth-order valence-corrected chi connectivity index (χ4v) is 12.8. The molecule has 4 fully saturated rings. The van der Waals surface area contributed by atoms with E-state index < -0.39 is 17.4 Å². The summed E-state index contributed by atoms with van der Waals surface area (Å²) in [6.45, 7) is 20.4. The molecule has 6 rings (SSSR count). The van der Waals surface area contributed by atoms with Crippen molar-refractivity contribution in [1.29, 1.82) is 0 Å². The van der Waals surface area contributed by atoms with E-state index in [-0.39, 0.29) is 46.1 Å². The van der Waals surface area contributed by atoms with Crippen LogP contribution in [0.3, 0.4) is 0 Å². The van der Waals surface area contributed by atoms with Gasteiger partial charge in [0.1, 0.15) is 12.4 Å². The molecule has 4 saturated carbocycles. The molecule has 5 aliphatic rings. The van der Waals surface area contributed by atoms with Crippen molar-refractivity contribution >= 4 is 17.7 Å². The van der Waals surface area contributed by atoms with Crippen molar-refractivity contribution in [3.05, 3.63) is 35.4 Å². The van der Waals surface area contributed by atoms with Crippen LogP contribution in [0.25, 0.3) is 0 Å². The van der Waals surface area contributed by atoms with Crippen LogP contribution in [0.4, 0.5) is 0 Å². The molecule has 1 heterocycles. The molecule has 2 N–H and O–H groups in total. The quantitative estimate of drug-likeness (QED) is 0.235. The first-order chi connectivity index (χ1) is 23.4. The second-order valence-electron chi connectivity index (χ2n) is 19.1. The highest BCUT2D eigenvalue weighted by atomic mass is 16.5. The molecule has 0 saturated heterocycles. The molecular formula is C42H63N3O5. The first-order valence-electron chi connectivity index (χ1n) is 19.6. The number of allylic oxidation sites excluding steroid dienone is 2. The number of hydrogen-bond acceptors (Lipinski definition) is 7. The van der Waals surface area contributed by atoms with E-state index in [0.717, 1.165) is 56.3 Å². The highest BCUT2D eigenvalue weighted by Gasteiger charge is 2.66. The minimum absolute atomic E-state index is 0.0420. The zero-order valence-corrected chi connectivity index (χ0v) is 32.2. The summed E-state index contributed by atoms with van der Waals surface area (Å²) < 4.78 is 6.16. The number of carbonyl (C=O) groups is 3. The predicted molar refractivity (Wildman–Crippen MR) is 194 cm³/mol. The summed E-state index contributed by atoms with van der Waals surface area (Å²) in [4.78, 5) is 47.2. The molecular weight excluding hydrogens is 626 g/mol. The minimum atomic E-state index is -1.14. The van der Waals surface area contributed by atoms with E-state index in [4.69, 9.17) is 4.74 Å². The number of aromatic nitrogens is 2. The molecule has 0 aromatic carbocycles. The van der Waals surface area contributed by atoms with Gasteiger partial charge >= 0.3 is 11.9 Å². The number of carboxylic acids is 1. The van der Waals surface area contributed by atoms with Crippen LogP contribution in [-0.4, -0.2) is 45.4 Å². The maximum Gasteiger partial charge on any atom is 0.309 e. The lowest BCUT2D eigenvalue weighted by atomic mass is 9.36. The molecule has 8 heteroatoms. The number of nitrogens with zero attached hydrogens (tertiary/aromatic N) is 2. The fourth-order valence-electron chi connectivity index (χ4n) is 12.8. The summed E-state index contributed by atoms with van der Waals surface area (Å²) in [5, 5.41) is 13.3. The first-order valence-corrected chi connectivity index (χ1v) is 19.6. The Kier molecular flexibility index (Phi) is 9.74. The van der Waals surface area contributed by atoms with E-state index in [9.17, 15) is 19.5 Å². The molecule has 0 spiro atoms. The van der Waals surface area contributed by atoms with Gasteiger partial charge in [-0.25, -0.2) is 9.97 Å². The van der Waals surface area contributed by atoms with Crippen LogP contribution in [0.5, 0.6) is 0 Å². The summed E-state index contributed by atoms with van der Waals surface area (Å²) in [5.41, 5.74) is 2.64. The monoisotopic (exact) mass is 689 g/mol. The largest absolute Gasteiger partial charge is 0.481 e. The third-order valence-corrected chi connectivity index (χ3v) is 15.2. The highest BCUT2D eigenvalue weighted by Crippen LogP contribution is 2.73. The summed E-state index contributed by atoms with van der Waals surface area (Å²) in [6.07, 6.45) is 13.5. The van der Waals surface area contributed by atoms with Gasteiger partial charge in [-0.15, -0.1) is 0 Å². The SMILES string of the molecule is CC(C)C1=C2C3CCC4C(C)(CCC5C(C)(C)C(OC(=O)CC(C)(C)C(=O)O)CCC54C)C3CCC2(CCNC(C)c2ccncn2)CC1=O. The number of carboxylic acid groups (broad SMARTS) is 1. The number of carbonyl (C=O) groups excluding carboxylic acids is 2. The summed E-state index contributed by atoms with van der Waals surface area (Å²) in [5.74, 6) is 1.31. The molecule has 0 bridgehead atoms. The Morgan fingerprint density at radius 1 is 1.00 bits per heavy atom. The van der Waals surface area contributed by atoms with E-state index in [1.807, 2.05) is 6.07 Å². The van der Waals surface area contributed by atoms with Crippen molar-refractivity contribution < 1.29 is 24.2 Å². The molecule has 0 amide bonds. The van der Waals surface area contributed by atoms with Crippen molar-refractivity contribution in [3.63, 3.8) is 0 Å². The number of ether oxygens (including phenoxy) is 1. The lowest BCUT2D eigenvalue weighted by Crippen LogP contribution is -2.63. The van der Waals surface area contributed by atoms with Crippen molar-refractivity contribution in [2.75, 3.05) is 6.54 Å². The second-order valence-corrected chi connectivity index (χ2v) is 19.1. The van der Waals surface area contributed by atoms with Gasteiger partial charge in [0.05, 0.1) is 17.5 Å². The highest BCUT2D eigenvalue weighted by molar-refractivity contribution is 6.00. The van der Waals surface area contributed by atoms with E-state index >= 15 is 0 Å². The van der Waals surface area contributed by atoms with Crippen LogP contribution in [0.1, 0.15) is 145 Å². The third kappa shape index (κ3) is 6.07. The standard InChI is InChI=1S/C42H63N3O5/c1-25(2)35-30(46)22-42(19-21-44-26(3)29-15-20-43-24-45-29)18-12-28-27(36(35)42)10-11-32-40(28,8)16-13-31-39(6,7)33(14-17-41(31,32)9)50-34(47)23-38(4,5)37(48)49/h15,20,24-28,31-33,44H,10-14,16-19,21-23H2,1-9H3,(H,48,49). The Labute approximate surface area is 300 Å². The van der Waals surface area contributed by atoms with Gasteiger partial charge in [-0.05, 0) is 137 Å². The normalized spacial score (nSPS) is 37.0. The number of Topliss-reactive ketones (excluding diaryl/α,β-unsaturated/α-hetero) is 1. The van der Waals surface area contributed by atoms with Crippen molar-refractivity contribution in [3.8, 4) is 0 Å². The zero-order chi connectivity index (χ0) is 36.4. The number of rotatable bonds is 10. The number of esters is 1. The van der Waals surface area contributed by atoms with E-state index in [1.165, 1.54) is 24.8 Å². The number of nitrogens with one attached hydrogen (secondary N) is 1. The van der Waals surface area contributed by atoms with E-state index in [0.29, 0.717) is 35.9 Å². The van der Waals surface area contributed by atoms with Crippen LogP contribution in [0.15, 0.2) is 29.7 Å². The Morgan fingerprint density at radius 3 is 2.38 bits per heavy atom. The van der Waals surface area contributed by atoms with Crippen molar-refractivity contribution in [2.24, 2.45) is 56.7 Å². The molecule has 1 aromatic heterocycles. The van der Waals surface area contributed by atoms with Gasteiger partial charge < -0.3 is 15.2 Å². The average Bonchev–Trinajstić information content (AvgIpc) is 3.34. The molecule has 5 aliphatic carbocycles. The number of hydrogen-bond donors (Lipinski definition) is 2. The smallest absolute Gasteiger partial charge is 0.309 e. The Hall–Kier alpha value is -2.61. The molecule has 0 radical (unpaired) electrons. The lowest BCUT2D eigenvalue weighted by Gasteiger charge is -2.69. The summed E-state index contributed by atoms with van der Waals surface area (Å²) in [6, 6.07) is 2.10. The maximum atomic E-state index is 13.9. The van der Waals surface area contributed by atoms with Crippen LogP contribution in [0, 0.1) is 56.7 Å². The van der Waals surface area contributed by atoms with Crippen molar-refractivity contribution in [2.45, 2.75) is 145 Å². The molecule has 9 atom stereocenters. The molecule has 1 aromatic rings. The molecule has 276 valence electrons. The fraction of sp³-hybridized carbons (Fsp3) is 0.786. The van der Waals surface area contributed by atoms with Gasteiger partial charge in [0.15, 0.2) is 5.78 Å². The van der Waals surface area contributed by atoms with Gasteiger partial charge in [0.2, 0.25) is 0 Å². The number of fused-ring (bicyclic) bond motifs is 7. The van der Waals surface area contributed by atoms with Gasteiger partial charge in [-0.2, -0.15) is 0 Å². The Bertz CT molecular complexity index is 1520. The molecule has 9 unspecified atom stereocenters. The van der Waals surface area contributed by atoms with Crippen molar-refractivity contribution in [1.82, 2.24) is 15.3 Å². The number of ketones is 1. The Balaban J connectivity index is 1.22. The van der Waals surface area contributed by atoms with E-state index in [2.05, 4.69) is 63.8 Å². The second kappa shape index (κ2) is 13.1. The van der Waals surface area contributed by atoms with Crippen LogP contribution < -0.4 is 5.32 Å². The third-order valence-electron chi connectivity index (χ3n) is 15.2. The molecule has 8 nitrogen and oxygen atoms in total. The van der Waals surface area contributed by atoms with Crippen LogP contribution in [-0.2, 0) is 19.1 Å². The van der Waals surface area contributed by atoms with Gasteiger partial charge in [-0.3, -0.25) is 14.4 Å². The van der Waals surface area contributed by atoms with Gasteiger partial charge in [0.25, 0.3) is 0 Å².